The Bertz CT molecular complexity index is 756. The van der Waals surface area contributed by atoms with Crippen LogP contribution in [0.4, 0.5) is 0 Å². The molecule has 0 heterocycles. The lowest BCUT2D eigenvalue weighted by Crippen LogP contribution is -2.03. The van der Waals surface area contributed by atoms with Gasteiger partial charge in [0.2, 0.25) is 0 Å². The average molecular weight is 297 g/mol. The molecule has 0 spiro atoms. The molecular weight excluding hydrogens is 280 g/mol. The third-order valence-corrected chi connectivity index (χ3v) is 4.22. The minimum Gasteiger partial charge on any atom is -0.508 e. The minimum absolute atomic E-state index is 0.102. The van der Waals surface area contributed by atoms with Crippen molar-refractivity contribution in [3.63, 3.8) is 0 Å². The van der Waals surface area contributed by atoms with Crippen LogP contribution in [0.25, 0.3) is 11.3 Å². The van der Waals surface area contributed by atoms with Gasteiger partial charge in [0.1, 0.15) is 5.76 Å². The highest BCUT2D eigenvalue weighted by Gasteiger charge is 2.17. The number of aliphatic hydroxyl groups is 1. The van der Waals surface area contributed by atoms with Crippen molar-refractivity contribution in [1.29, 1.82) is 0 Å². The number of hydrogen-bond donors (Lipinski definition) is 1. The molecule has 0 unspecified atom stereocenters. The van der Waals surface area contributed by atoms with Crippen LogP contribution in [0.15, 0.2) is 49.1 Å². The molecule has 0 aliphatic heterocycles. The van der Waals surface area contributed by atoms with E-state index in [1.807, 2.05) is 30.3 Å². The van der Waals surface area contributed by atoms with Gasteiger partial charge >= 0.3 is 0 Å². The van der Waals surface area contributed by atoms with E-state index in [1.54, 1.807) is 0 Å². The summed E-state index contributed by atoms with van der Waals surface area (Å²) in [6, 6.07) is 12.0. The van der Waals surface area contributed by atoms with Gasteiger partial charge in [-0.3, -0.25) is 0 Å². The van der Waals surface area contributed by atoms with E-state index in [1.165, 1.54) is 22.3 Å². The molecule has 3 rings (SSSR count). The van der Waals surface area contributed by atoms with Gasteiger partial charge in [-0.25, -0.2) is 0 Å². The third-order valence-electron chi connectivity index (χ3n) is 3.99. The van der Waals surface area contributed by atoms with Gasteiger partial charge in [-0.15, -0.1) is 0 Å². The van der Waals surface area contributed by atoms with Gasteiger partial charge in [-0.05, 0) is 65.8 Å². The largest absolute Gasteiger partial charge is 0.508 e. The number of allylic oxidation sites excluding steroid dienone is 1. The van der Waals surface area contributed by atoms with E-state index in [4.69, 9.17) is 11.6 Å². The Hall–Kier alpha value is -1.99. The van der Waals surface area contributed by atoms with Gasteiger partial charge in [0.15, 0.2) is 0 Å². The van der Waals surface area contributed by atoms with E-state index in [-0.39, 0.29) is 5.76 Å². The quantitative estimate of drug-likeness (QED) is 0.720. The minimum atomic E-state index is 0.102. The van der Waals surface area contributed by atoms with Crippen LogP contribution in [0.2, 0.25) is 5.02 Å². The Kier molecular flexibility index (Phi) is 3.60. The fraction of sp³-hybridized carbons (Fsp3) is 0.158. The molecule has 1 aliphatic carbocycles. The van der Waals surface area contributed by atoms with Gasteiger partial charge in [0.25, 0.3) is 0 Å². The molecule has 1 aliphatic rings. The molecule has 0 saturated heterocycles. The summed E-state index contributed by atoms with van der Waals surface area (Å²) >= 11 is 6.16. The molecule has 1 nitrogen and oxygen atoms in total. The molecule has 1 N–H and O–H groups in total. The van der Waals surface area contributed by atoms with Crippen molar-refractivity contribution in [1.82, 2.24) is 0 Å². The van der Waals surface area contributed by atoms with Gasteiger partial charge in [0, 0.05) is 10.6 Å². The van der Waals surface area contributed by atoms with Crippen LogP contribution in [-0.4, -0.2) is 5.11 Å². The predicted molar refractivity (Wildman–Crippen MR) is 89.7 cm³/mol. The molecule has 0 aromatic heterocycles. The first-order chi connectivity index (χ1) is 10.1. The van der Waals surface area contributed by atoms with Gasteiger partial charge in [0.05, 0.1) is 0 Å². The molecule has 0 saturated carbocycles. The van der Waals surface area contributed by atoms with Crippen LogP contribution in [0.1, 0.15) is 34.2 Å². The zero-order chi connectivity index (χ0) is 15.0. The highest BCUT2D eigenvalue weighted by Crippen LogP contribution is 2.35. The third kappa shape index (κ3) is 2.62. The Morgan fingerprint density at radius 3 is 2.71 bits per heavy atom. The zero-order valence-electron chi connectivity index (χ0n) is 12.0. The van der Waals surface area contributed by atoms with E-state index in [9.17, 15) is 5.11 Å². The molecular formula is C19H17ClO. The standard InChI is InChI=1S/C19H17ClO/c1-12-6-9-16(20)11-18(12)17-5-3-4-14-7-8-15(13(2)21)10-19(14)17/h5-11,21H,2-4H2,1H3. The number of aryl methyl sites for hydroxylation is 2. The van der Waals surface area contributed by atoms with Crippen LogP contribution in [-0.2, 0) is 6.42 Å². The number of aliphatic hydroxyl groups excluding tert-OH is 1. The monoisotopic (exact) mass is 296 g/mol. The number of hydrogen-bond acceptors (Lipinski definition) is 1. The predicted octanol–water partition coefficient (Wildman–Crippen LogP) is 5.56. The molecule has 0 amide bonds. The highest BCUT2D eigenvalue weighted by atomic mass is 35.5. The summed E-state index contributed by atoms with van der Waals surface area (Å²) in [4.78, 5) is 0. The van der Waals surface area contributed by atoms with Crippen molar-refractivity contribution in [3.05, 3.63) is 81.9 Å². The Labute approximate surface area is 130 Å². The molecule has 0 radical (unpaired) electrons. The van der Waals surface area contributed by atoms with Crippen LogP contribution in [0, 0.1) is 6.92 Å². The average Bonchev–Trinajstić information content (AvgIpc) is 2.48. The summed E-state index contributed by atoms with van der Waals surface area (Å²) in [5.74, 6) is 0.102. The summed E-state index contributed by atoms with van der Waals surface area (Å²) in [5, 5.41) is 10.4. The van der Waals surface area contributed by atoms with Crippen LogP contribution in [0.5, 0.6) is 0 Å². The number of benzene rings is 2. The highest BCUT2D eigenvalue weighted by molar-refractivity contribution is 6.30. The molecule has 0 bridgehead atoms. The molecule has 0 atom stereocenters. The maximum Gasteiger partial charge on any atom is 0.115 e. The van der Waals surface area contributed by atoms with Crippen molar-refractivity contribution in [3.8, 4) is 0 Å². The number of halogens is 1. The molecule has 106 valence electrons. The number of rotatable bonds is 2. The van der Waals surface area contributed by atoms with E-state index >= 15 is 0 Å². The van der Waals surface area contributed by atoms with E-state index in [0.717, 1.165) is 29.0 Å². The van der Waals surface area contributed by atoms with Crippen molar-refractivity contribution in [2.24, 2.45) is 0 Å². The fourth-order valence-corrected chi connectivity index (χ4v) is 3.02. The van der Waals surface area contributed by atoms with Crippen LogP contribution >= 0.6 is 11.6 Å². The van der Waals surface area contributed by atoms with Crippen LogP contribution < -0.4 is 0 Å². The van der Waals surface area contributed by atoms with Crippen molar-refractivity contribution in [2.75, 3.05) is 0 Å². The molecule has 2 heteroatoms. The first-order valence-electron chi connectivity index (χ1n) is 7.04. The lowest BCUT2D eigenvalue weighted by Gasteiger charge is -2.20. The van der Waals surface area contributed by atoms with E-state index < -0.39 is 0 Å². The first kappa shape index (κ1) is 14.0. The fourth-order valence-electron chi connectivity index (χ4n) is 2.85. The molecule has 0 fully saturated rings. The summed E-state index contributed by atoms with van der Waals surface area (Å²) in [6.45, 7) is 5.71. The zero-order valence-corrected chi connectivity index (χ0v) is 12.7. The normalized spacial score (nSPS) is 13.5. The Morgan fingerprint density at radius 1 is 1.14 bits per heavy atom. The summed E-state index contributed by atoms with van der Waals surface area (Å²) in [7, 11) is 0. The molecule has 21 heavy (non-hydrogen) atoms. The molecule has 2 aromatic carbocycles. The SMILES string of the molecule is C=C(O)c1ccc2c(c1)C(c1cc(Cl)ccc1C)=CCC2. The molecule has 2 aromatic rings. The van der Waals surface area contributed by atoms with E-state index in [0.29, 0.717) is 0 Å². The first-order valence-corrected chi connectivity index (χ1v) is 7.42. The lowest BCUT2D eigenvalue weighted by molar-refractivity contribution is 0.514. The number of fused-ring (bicyclic) bond motifs is 1. The summed E-state index contributed by atoms with van der Waals surface area (Å²) < 4.78 is 0. The van der Waals surface area contributed by atoms with E-state index in [2.05, 4.69) is 25.6 Å². The van der Waals surface area contributed by atoms with Crippen LogP contribution in [0.3, 0.4) is 0 Å². The topological polar surface area (TPSA) is 20.2 Å². The Balaban J connectivity index is 2.18. The van der Waals surface area contributed by atoms with Gasteiger partial charge in [-0.2, -0.15) is 0 Å². The van der Waals surface area contributed by atoms with Gasteiger partial charge in [-0.1, -0.05) is 42.5 Å². The summed E-state index contributed by atoms with van der Waals surface area (Å²) in [5.41, 5.74) is 6.78. The van der Waals surface area contributed by atoms with Crippen molar-refractivity contribution in [2.45, 2.75) is 19.8 Å². The van der Waals surface area contributed by atoms with Crippen molar-refractivity contribution >= 4 is 22.9 Å². The maximum atomic E-state index is 9.65. The summed E-state index contributed by atoms with van der Waals surface area (Å²) in [6.07, 6.45) is 4.30. The van der Waals surface area contributed by atoms with Crippen molar-refractivity contribution < 1.29 is 5.11 Å². The second-order valence-electron chi connectivity index (χ2n) is 5.43. The maximum absolute atomic E-state index is 9.65. The smallest absolute Gasteiger partial charge is 0.115 e. The second-order valence-corrected chi connectivity index (χ2v) is 5.87. The second kappa shape index (κ2) is 5.42. The lowest BCUT2D eigenvalue weighted by atomic mass is 9.84. The Morgan fingerprint density at radius 2 is 1.95 bits per heavy atom. The van der Waals surface area contributed by atoms with Gasteiger partial charge < -0.3 is 5.11 Å².